The summed E-state index contributed by atoms with van der Waals surface area (Å²) in [4.78, 5) is 2.52. The Hall–Kier alpha value is -0.580. The fraction of sp³-hybridized carbons (Fsp3) is 0.571. The van der Waals surface area contributed by atoms with Crippen molar-refractivity contribution < 1.29 is 4.74 Å². The number of nitrogens with zero attached hydrogens (tertiary/aromatic N) is 1. The Morgan fingerprint density at radius 3 is 2.83 bits per heavy atom. The summed E-state index contributed by atoms with van der Waals surface area (Å²) in [7, 11) is 0. The van der Waals surface area contributed by atoms with Gasteiger partial charge in [0, 0.05) is 30.7 Å². The second-order valence-corrected chi connectivity index (χ2v) is 5.52. The van der Waals surface area contributed by atoms with Gasteiger partial charge in [-0.15, -0.1) is 0 Å². The molecule has 0 radical (unpaired) electrons. The largest absolute Gasteiger partial charge is 0.494 e. The maximum absolute atomic E-state index is 5.72. The van der Waals surface area contributed by atoms with Crippen LogP contribution in [-0.2, 0) is 0 Å². The monoisotopic (exact) mass is 312 g/mol. The van der Waals surface area contributed by atoms with Crippen molar-refractivity contribution in [3.63, 3.8) is 0 Å². The lowest BCUT2D eigenvalue weighted by atomic mass is 10.2. The van der Waals surface area contributed by atoms with Gasteiger partial charge in [-0.2, -0.15) is 0 Å². The smallest absolute Gasteiger partial charge is 0.120 e. The standard InChI is InChI=1S/C14H21BrN2O/c15-13-4-3-5-14(12-13)18-11-2-1-8-17-9-6-16-7-10-17/h3-5,12,16H,1-2,6-11H2. The van der Waals surface area contributed by atoms with Gasteiger partial charge in [-0.1, -0.05) is 22.0 Å². The minimum atomic E-state index is 0.808. The summed E-state index contributed by atoms with van der Waals surface area (Å²) < 4.78 is 6.79. The molecule has 4 heteroatoms. The van der Waals surface area contributed by atoms with E-state index in [0.29, 0.717) is 0 Å². The van der Waals surface area contributed by atoms with Gasteiger partial charge in [0.15, 0.2) is 0 Å². The fourth-order valence-electron chi connectivity index (χ4n) is 2.12. The van der Waals surface area contributed by atoms with Gasteiger partial charge < -0.3 is 15.0 Å². The summed E-state index contributed by atoms with van der Waals surface area (Å²) >= 11 is 3.44. The number of hydrogen-bond acceptors (Lipinski definition) is 3. The summed E-state index contributed by atoms with van der Waals surface area (Å²) in [6.07, 6.45) is 2.34. The van der Waals surface area contributed by atoms with Crippen LogP contribution in [0.25, 0.3) is 0 Å². The number of hydrogen-bond donors (Lipinski definition) is 1. The SMILES string of the molecule is Brc1cccc(OCCCCN2CCNCC2)c1. The van der Waals surface area contributed by atoms with Crippen LogP contribution in [0.5, 0.6) is 5.75 Å². The average molecular weight is 313 g/mol. The van der Waals surface area contributed by atoms with Crippen molar-refractivity contribution >= 4 is 15.9 Å². The summed E-state index contributed by atoms with van der Waals surface area (Å²) in [5, 5.41) is 3.37. The zero-order chi connectivity index (χ0) is 12.6. The van der Waals surface area contributed by atoms with E-state index in [0.717, 1.165) is 36.3 Å². The van der Waals surface area contributed by atoms with Crippen molar-refractivity contribution in [2.24, 2.45) is 0 Å². The second-order valence-electron chi connectivity index (χ2n) is 4.60. The van der Waals surface area contributed by atoms with Gasteiger partial charge >= 0.3 is 0 Å². The minimum absolute atomic E-state index is 0.808. The molecule has 1 aliphatic heterocycles. The van der Waals surface area contributed by atoms with E-state index in [1.165, 1.54) is 26.1 Å². The molecule has 0 bridgehead atoms. The van der Waals surface area contributed by atoms with E-state index >= 15 is 0 Å². The van der Waals surface area contributed by atoms with E-state index in [-0.39, 0.29) is 0 Å². The van der Waals surface area contributed by atoms with Crippen LogP contribution >= 0.6 is 15.9 Å². The maximum Gasteiger partial charge on any atom is 0.120 e. The van der Waals surface area contributed by atoms with Gasteiger partial charge in [-0.25, -0.2) is 0 Å². The van der Waals surface area contributed by atoms with Crippen LogP contribution in [0.4, 0.5) is 0 Å². The quantitative estimate of drug-likeness (QED) is 0.817. The van der Waals surface area contributed by atoms with Gasteiger partial charge in [0.1, 0.15) is 5.75 Å². The average Bonchev–Trinajstić information content (AvgIpc) is 2.40. The first kappa shape index (κ1) is 13.8. The zero-order valence-electron chi connectivity index (χ0n) is 10.7. The highest BCUT2D eigenvalue weighted by atomic mass is 79.9. The highest BCUT2D eigenvalue weighted by molar-refractivity contribution is 9.10. The van der Waals surface area contributed by atoms with Crippen LogP contribution < -0.4 is 10.1 Å². The van der Waals surface area contributed by atoms with Crippen LogP contribution in [0.1, 0.15) is 12.8 Å². The molecule has 18 heavy (non-hydrogen) atoms. The Morgan fingerprint density at radius 2 is 2.06 bits per heavy atom. The molecule has 1 heterocycles. The van der Waals surface area contributed by atoms with Gasteiger partial charge in [0.25, 0.3) is 0 Å². The molecule has 0 amide bonds. The van der Waals surface area contributed by atoms with Crippen molar-refractivity contribution in [3.8, 4) is 5.75 Å². The molecule has 1 N–H and O–H groups in total. The first-order valence-electron chi connectivity index (χ1n) is 6.66. The lowest BCUT2D eigenvalue weighted by Crippen LogP contribution is -2.43. The summed E-state index contributed by atoms with van der Waals surface area (Å²) in [5.74, 6) is 0.951. The van der Waals surface area contributed by atoms with Gasteiger partial charge in [0.2, 0.25) is 0 Å². The molecule has 0 spiro atoms. The molecule has 1 fully saturated rings. The predicted molar refractivity (Wildman–Crippen MR) is 78.2 cm³/mol. The van der Waals surface area contributed by atoms with Crippen molar-refractivity contribution in [1.29, 1.82) is 0 Å². The van der Waals surface area contributed by atoms with Gasteiger partial charge in [-0.05, 0) is 37.6 Å². The Bertz CT molecular complexity index is 353. The molecule has 100 valence electrons. The summed E-state index contributed by atoms with van der Waals surface area (Å²) in [6.45, 7) is 6.65. The molecule has 3 nitrogen and oxygen atoms in total. The molecule has 1 aromatic carbocycles. The topological polar surface area (TPSA) is 24.5 Å². The second kappa shape index (κ2) is 7.77. The van der Waals surface area contributed by atoms with Crippen molar-refractivity contribution in [1.82, 2.24) is 10.2 Å². The summed E-state index contributed by atoms with van der Waals surface area (Å²) in [6, 6.07) is 8.02. The normalized spacial score (nSPS) is 16.7. The molecule has 0 aromatic heterocycles. The van der Waals surface area contributed by atoms with Crippen LogP contribution in [0, 0.1) is 0 Å². The molecule has 1 aliphatic rings. The molecule has 0 unspecified atom stereocenters. The highest BCUT2D eigenvalue weighted by Gasteiger charge is 2.08. The molecule has 1 saturated heterocycles. The Labute approximate surface area is 118 Å². The molecule has 2 rings (SSSR count). The minimum Gasteiger partial charge on any atom is -0.494 e. The van der Waals surface area contributed by atoms with E-state index in [9.17, 15) is 0 Å². The number of ether oxygens (including phenoxy) is 1. The summed E-state index contributed by atoms with van der Waals surface area (Å²) in [5.41, 5.74) is 0. The van der Waals surface area contributed by atoms with Crippen LogP contribution in [0.2, 0.25) is 0 Å². The van der Waals surface area contributed by atoms with Crippen molar-refractivity contribution in [3.05, 3.63) is 28.7 Å². The highest BCUT2D eigenvalue weighted by Crippen LogP contribution is 2.17. The molecule has 0 aliphatic carbocycles. The zero-order valence-corrected chi connectivity index (χ0v) is 12.3. The van der Waals surface area contributed by atoms with E-state index in [1.807, 2.05) is 24.3 Å². The number of unbranched alkanes of at least 4 members (excludes halogenated alkanes) is 1. The molecular formula is C14H21BrN2O. The third kappa shape index (κ3) is 4.96. The van der Waals surface area contributed by atoms with E-state index in [4.69, 9.17) is 4.74 Å². The third-order valence-electron chi connectivity index (χ3n) is 3.14. The van der Waals surface area contributed by atoms with Crippen LogP contribution in [0.3, 0.4) is 0 Å². The lowest BCUT2D eigenvalue weighted by Gasteiger charge is -2.26. The van der Waals surface area contributed by atoms with Crippen LogP contribution in [0.15, 0.2) is 28.7 Å². The number of rotatable bonds is 6. The molecule has 1 aromatic rings. The Morgan fingerprint density at radius 1 is 1.22 bits per heavy atom. The lowest BCUT2D eigenvalue weighted by molar-refractivity contribution is 0.226. The van der Waals surface area contributed by atoms with Crippen LogP contribution in [-0.4, -0.2) is 44.2 Å². The predicted octanol–water partition coefficient (Wildman–Crippen LogP) is 2.51. The first-order valence-corrected chi connectivity index (χ1v) is 7.45. The van der Waals surface area contributed by atoms with Crippen molar-refractivity contribution in [2.75, 3.05) is 39.3 Å². The van der Waals surface area contributed by atoms with Crippen molar-refractivity contribution in [2.45, 2.75) is 12.8 Å². The van der Waals surface area contributed by atoms with Gasteiger partial charge in [0.05, 0.1) is 6.61 Å². The van der Waals surface area contributed by atoms with E-state index in [1.54, 1.807) is 0 Å². The van der Waals surface area contributed by atoms with E-state index < -0.39 is 0 Å². The van der Waals surface area contributed by atoms with E-state index in [2.05, 4.69) is 26.1 Å². The molecule has 0 atom stereocenters. The first-order chi connectivity index (χ1) is 8.84. The maximum atomic E-state index is 5.72. The number of halogens is 1. The Balaban J connectivity index is 1.55. The Kier molecular flexibility index (Phi) is 5.97. The fourth-order valence-corrected chi connectivity index (χ4v) is 2.50. The molecule has 0 saturated carbocycles. The number of nitrogens with one attached hydrogen (secondary N) is 1. The number of benzene rings is 1. The molecular weight excluding hydrogens is 292 g/mol. The number of piperazine rings is 1. The third-order valence-corrected chi connectivity index (χ3v) is 3.64. The van der Waals surface area contributed by atoms with Gasteiger partial charge in [-0.3, -0.25) is 0 Å².